The smallest absolute Gasteiger partial charge is 0.338 e. The maximum absolute atomic E-state index is 12.9. The van der Waals surface area contributed by atoms with E-state index in [0.717, 1.165) is 6.92 Å². The molecule has 0 bridgehead atoms. The van der Waals surface area contributed by atoms with Crippen molar-refractivity contribution in [3.63, 3.8) is 0 Å². The highest BCUT2D eigenvalue weighted by Gasteiger charge is 2.52. The number of carbonyl (C=O) groups is 4. The van der Waals surface area contributed by atoms with Crippen LogP contribution in [0.1, 0.15) is 38.0 Å². The fourth-order valence-corrected chi connectivity index (χ4v) is 3.70. The van der Waals surface area contributed by atoms with E-state index < -0.39 is 48.5 Å². The van der Waals surface area contributed by atoms with E-state index in [-0.39, 0.29) is 17.7 Å². The molecule has 190 valence electrons. The summed E-state index contributed by atoms with van der Waals surface area (Å²) >= 11 is 0. The Balaban J connectivity index is 1.58. The largest absolute Gasteiger partial charge is 0.459 e. The molecule has 1 aliphatic heterocycles. The number of benzene rings is 3. The molecule has 1 saturated heterocycles. The Morgan fingerprint density at radius 3 is 1.51 bits per heavy atom. The predicted octanol–water partition coefficient (Wildman–Crippen LogP) is 3.58. The van der Waals surface area contributed by atoms with Gasteiger partial charge in [0.05, 0.1) is 16.7 Å². The minimum atomic E-state index is -1.40. The van der Waals surface area contributed by atoms with Crippen LogP contribution in [0.5, 0.6) is 0 Å². The van der Waals surface area contributed by atoms with Crippen LogP contribution in [-0.2, 0) is 28.5 Å². The molecule has 9 nitrogen and oxygen atoms in total. The maximum Gasteiger partial charge on any atom is 0.338 e. The normalized spacial score (nSPS) is 20.5. The molecule has 0 radical (unpaired) electrons. The number of hydrogen-bond donors (Lipinski definition) is 0. The van der Waals surface area contributed by atoms with Gasteiger partial charge in [-0.15, -0.1) is 0 Å². The second-order valence-electron chi connectivity index (χ2n) is 8.09. The molecular formula is C28H24O9. The van der Waals surface area contributed by atoms with Crippen molar-refractivity contribution in [1.82, 2.24) is 0 Å². The summed E-state index contributed by atoms with van der Waals surface area (Å²) < 4.78 is 27.7. The summed E-state index contributed by atoms with van der Waals surface area (Å²) in [7, 11) is 0. The molecule has 0 spiro atoms. The van der Waals surface area contributed by atoms with Crippen LogP contribution in [0.3, 0.4) is 0 Å². The number of esters is 4. The van der Waals surface area contributed by atoms with Gasteiger partial charge in [-0.1, -0.05) is 54.6 Å². The van der Waals surface area contributed by atoms with E-state index in [4.69, 9.17) is 23.7 Å². The third-order valence-corrected chi connectivity index (χ3v) is 5.44. The van der Waals surface area contributed by atoms with Crippen molar-refractivity contribution in [1.29, 1.82) is 0 Å². The van der Waals surface area contributed by atoms with Crippen molar-refractivity contribution in [2.45, 2.75) is 31.5 Å². The number of ether oxygens (including phenoxy) is 5. The molecule has 0 aliphatic carbocycles. The van der Waals surface area contributed by atoms with Gasteiger partial charge in [0.25, 0.3) is 0 Å². The lowest BCUT2D eigenvalue weighted by molar-refractivity contribution is -0.187. The third kappa shape index (κ3) is 6.59. The van der Waals surface area contributed by atoms with Gasteiger partial charge < -0.3 is 23.7 Å². The van der Waals surface area contributed by atoms with Gasteiger partial charge >= 0.3 is 23.9 Å². The minimum absolute atomic E-state index is 0.233. The molecule has 0 amide bonds. The molecule has 3 aromatic carbocycles. The molecule has 0 N–H and O–H groups in total. The first-order chi connectivity index (χ1) is 17.9. The lowest BCUT2D eigenvalue weighted by Gasteiger charge is -2.24. The first-order valence-electron chi connectivity index (χ1n) is 11.5. The molecule has 1 heterocycles. The average molecular weight is 504 g/mol. The lowest BCUT2D eigenvalue weighted by Crippen LogP contribution is -2.42. The van der Waals surface area contributed by atoms with Gasteiger partial charge in [0, 0.05) is 6.92 Å². The molecule has 4 rings (SSSR count). The monoisotopic (exact) mass is 504 g/mol. The molecule has 1 aliphatic rings. The van der Waals surface area contributed by atoms with Gasteiger partial charge in [-0.05, 0) is 36.4 Å². The van der Waals surface area contributed by atoms with Gasteiger partial charge in [0.1, 0.15) is 12.7 Å². The number of carbonyl (C=O) groups excluding carboxylic acids is 4. The highest BCUT2D eigenvalue weighted by molar-refractivity contribution is 5.91. The summed E-state index contributed by atoms with van der Waals surface area (Å²) in [4.78, 5) is 50.0. The Morgan fingerprint density at radius 2 is 1.05 bits per heavy atom. The molecule has 2 unspecified atom stereocenters. The number of rotatable bonds is 8. The van der Waals surface area contributed by atoms with Gasteiger partial charge in [0.15, 0.2) is 6.10 Å². The summed E-state index contributed by atoms with van der Waals surface area (Å²) in [5.41, 5.74) is 0.782. The van der Waals surface area contributed by atoms with Crippen LogP contribution < -0.4 is 0 Å². The van der Waals surface area contributed by atoms with Crippen LogP contribution in [0.25, 0.3) is 0 Å². The average Bonchev–Trinajstić information content (AvgIpc) is 3.23. The Kier molecular flexibility index (Phi) is 8.27. The zero-order valence-electron chi connectivity index (χ0n) is 19.9. The topological polar surface area (TPSA) is 114 Å². The van der Waals surface area contributed by atoms with Gasteiger partial charge in [-0.2, -0.15) is 0 Å². The van der Waals surface area contributed by atoms with Crippen molar-refractivity contribution in [2.75, 3.05) is 6.61 Å². The first-order valence-corrected chi connectivity index (χ1v) is 11.5. The Hall–Kier alpha value is -4.50. The van der Waals surface area contributed by atoms with E-state index in [1.165, 1.54) is 0 Å². The molecule has 1 fully saturated rings. The van der Waals surface area contributed by atoms with Crippen LogP contribution in [0, 0.1) is 0 Å². The highest BCUT2D eigenvalue weighted by atomic mass is 16.8. The Labute approximate surface area is 212 Å². The lowest BCUT2D eigenvalue weighted by atomic mass is 10.1. The van der Waals surface area contributed by atoms with Crippen LogP contribution in [0.15, 0.2) is 91.0 Å². The number of hydrogen-bond acceptors (Lipinski definition) is 9. The molecule has 0 aromatic heterocycles. The maximum atomic E-state index is 12.9. The zero-order valence-corrected chi connectivity index (χ0v) is 19.9. The quantitative estimate of drug-likeness (QED) is 0.335. The summed E-state index contributed by atoms with van der Waals surface area (Å²) in [6.07, 6.45) is -5.09. The van der Waals surface area contributed by atoms with E-state index in [2.05, 4.69) is 0 Å². The summed E-state index contributed by atoms with van der Waals surface area (Å²) in [6, 6.07) is 24.6. The highest BCUT2D eigenvalue weighted by Crippen LogP contribution is 2.30. The fraction of sp³-hybridized carbons (Fsp3) is 0.214. The van der Waals surface area contributed by atoms with Crippen LogP contribution in [-0.4, -0.2) is 55.1 Å². The summed E-state index contributed by atoms with van der Waals surface area (Å²) in [5.74, 6) is -2.81. The van der Waals surface area contributed by atoms with Crippen molar-refractivity contribution in [3.05, 3.63) is 108 Å². The summed E-state index contributed by atoms with van der Waals surface area (Å²) in [5, 5.41) is 0. The van der Waals surface area contributed by atoms with E-state index in [9.17, 15) is 19.2 Å². The summed E-state index contributed by atoms with van der Waals surface area (Å²) in [6.45, 7) is 0.796. The standard InChI is InChI=1S/C28H24O9/c1-18(29)34-28-24(37-27(32)21-15-9-4-10-16-21)23(36-26(31)20-13-7-3-8-14-20)22(35-28)17-33-25(30)19-11-5-2-6-12-19/h2-16,22-24,28H,17H2,1H3/t22-,23+,24?,28?/m1/s1. The zero-order chi connectivity index (χ0) is 26.2. The second kappa shape index (κ2) is 12.0. The van der Waals surface area contributed by atoms with Crippen molar-refractivity contribution in [2.24, 2.45) is 0 Å². The van der Waals surface area contributed by atoms with Crippen LogP contribution >= 0.6 is 0 Å². The van der Waals surface area contributed by atoms with E-state index >= 15 is 0 Å². The minimum Gasteiger partial charge on any atom is -0.459 e. The van der Waals surface area contributed by atoms with Crippen LogP contribution in [0.4, 0.5) is 0 Å². The van der Waals surface area contributed by atoms with Crippen molar-refractivity contribution < 1.29 is 42.9 Å². The van der Waals surface area contributed by atoms with Crippen molar-refractivity contribution in [3.8, 4) is 0 Å². The Bertz CT molecular complexity index is 1230. The van der Waals surface area contributed by atoms with Gasteiger partial charge in [-0.25, -0.2) is 14.4 Å². The first kappa shape index (κ1) is 25.6. The van der Waals surface area contributed by atoms with Gasteiger partial charge in [0.2, 0.25) is 12.4 Å². The molecule has 9 heteroatoms. The third-order valence-electron chi connectivity index (χ3n) is 5.44. The van der Waals surface area contributed by atoms with Gasteiger partial charge in [-0.3, -0.25) is 4.79 Å². The van der Waals surface area contributed by atoms with Crippen molar-refractivity contribution >= 4 is 23.9 Å². The molecular weight excluding hydrogens is 480 g/mol. The van der Waals surface area contributed by atoms with E-state index in [0.29, 0.717) is 5.56 Å². The molecule has 4 atom stereocenters. The van der Waals surface area contributed by atoms with E-state index in [1.807, 2.05) is 0 Å². The second-order valence-corrected chi connectivity index (χ2v) is 8.09. The van der Waals surface area contributed by atoms with E-state index in [1.54, 1.807) is 91.0 Å². The predicted molar refractivity (Wildman–Crippen MR) is 128 cm³/mol. The molecule has 0 saturated carbocycles. The fourth-order valence-electron chi connectivity index (χ4n) is 3.70. The SMILES string of the molecule is CC(=O)OC1O[C@H](COC(=O)c2ccccc2)[C@H](OC(=O)c2ccccc2)C1OC(=O)c1ccccc1. The molecule has 37 heavy (non-hydrogen) atoms. The molecule has 3 aromatic rings. The van der Waals surface area contributed by atoms with Crippen LogP contribution in [0.2, 0.25) is 0 Å². The Morgan fingerprint density at radius 1 is 0.622 bits per heavy atom.